The van der Waals surface area contributed by atoms with E-state index in [1.165, 1.54) is 29.4 Å². The highest BCUT2D eigenvalue weighted by molar-refractivity contribution is 7.13. The maximum absolute atomic E-state index is 15.2. The summed E-state index contributed by atoms with van der Waals surface area (Å²) in [6.45, 7) is 1.91. The molecule has 1 aliphatic heterocycles. The Morgan fingerprint density at radius 1 is 1.02 bits per heavy atom. The second-order valence-electron chi connectivity index (χ2n) is 9.08. The zero-order valence-corrected chi connectivity index (χ0v) is 22.5. The summed E-state index contributed by atoms with van der Waals surface area (Å²) in [7, 11) is 1.30. The summed E-state index contributed by atoms with van der Waals surface area (Å²) >= 11 is 1.19. The molecule has 0 saturated heterocycles. The fraction of sp³-hybridized carbons (Fsp3) is 0.133. The highest BCUT2D eigenvalue weighted by Gasteiger charge is 2.38. The number of amides is 3. The number of urea groups is 1. The number of aryl methyl sites for hydroxylation is 1. The van der Waals surface area contributed by atoms with Crippen LogP contribution in [0.1, 0.15) is 31.2 Å². The van der Waals surface area contributed by atoms with Crippen molar-refractivity contribution < 1.29 is 23.5 Å². The van der Waals surface area contributed by atoms with Crippen LogP contribution < -0.4 is 15.5 Å². The third kappa shape index (κ3) is 5.08. The summed E-state index contributed by atoms with van der Waals surface area (Å²) in [6.07, 6.45) is -1.44. The Bertz CT molecular complexity index is 1650. The third-order valence-electron chi connectivity index (χ3n) is 6.44. The second kappa shape index (κ2) is 11.1. The molecule has 2 N–H and O–H groups in total. The maximum Gasteiger partial charge on any atom is 0.348 e. The van der Waals surface area contributed by atoms with Crippen LogP contribution in [-0.4, -0.2) is 36.9 Å². The van der Waals surface area contributed by atoms with Crippen molar-refractivity contribution >= 4 is 46.3 Å². The Hall–Kier alpha value is -4.83. The van der Waals surface area contributed by atoms with Gasteiger partial charge in [0.25, 0.3) is 5.91 Å². The molecule has 8 nitrogen and oxygen atoms in total. The SMILES string of the molecule is COC(=O)c1ccc(CN2C(=O)C(N(C(N)=O)c3cccc(C)c3)N=C(c3ccccc3F)c3ccccc32)s1. The highest BCUT2D eigenvalue weighted by Crippen LogP contribution is 2.33. The lowest BCUT2D eigenvalue weighted by molar-refractivity contribution is -0.119. The van der Waals surface area contributed by atoms with Gasteiger partial charge in [-0.15, -0.1) is 11.3 Å². The van der Waals surface area contributed by atoms with Crippen LogP contribution >= 0.6 is 11.3 Å². The molecule has 1 unspecified atom stereocenters. The van der Waals surface area contributed by atoms with Gasteiger partial charge in [-0.05, 0) is 55.0 Å². The van der Waals surface area contributed by atoms with Crippen molar-refractivity contribution in [3.05, 3.63) is 117 Å². The van der Waals surface area contributed by atoms with Gasteiger partial charge in [-0.2, -0.15) is 0 Å². The molecular weight excluding hydrogens is 531 g/mol. The van der Waals surface area contributed by atoms with E-state index >= 15 is 4.39 Å². The van der Waals surface area contributed by atoms with Gasteiger partial charge in [-0.25, -0.2) is 19.0 Å². The number of benzene rings is 3. The lowest BCUT2D eigenvalue weighted by Gasteiger charge is -2.30. The van der Waals surface area contributed by atoms with Gasteiger partial charge in [-0.3, -0.25) is 9.69 Å². The summed E-state index contributed by atoms with van der Waals surface area (Å²) in [6, 6.07) is 22.6. The summed E-state index contributed by atoms with van der Waals surface area (Å²) < 4.78 is 20.0. The number of rotatable bonds is 6. The molecule has 4 aromatic rings. The summed E-state index contributed by atoms with van der Waals surface area (Å²) in [5, 5.41) is 0. The van der Waals surface area contributed by atoms with E-state index in [4.69, 9.17) is 15.5 Å². The molecule has 0 fully saturated rings. The number of methoxy groups -OCH3 is 1. The van der Waals surface area contributed by atoms with Crippen molar-refractivity contribution in [2.24, 2.45) is 10.7 Å². The molecule has 202 valence electrons. The van der Waals surface area contributed by atoms with E-state index in [1.54, 1.807) is 72.8 Å². The van der Waals surface area contributed by atoms with Gasteiger partial charge < -0.3 is 15.4 Å². The standard InChI is InChI=1S/C30H25FN4O4S/c1-18-8-7-9-19(16-18)35(30(32)38)27-28(36)34(17-20-14-15-25(40-20)29(37)39-2)24-13-6-4-11-22(24)26(33-27)21-10-3-5-12-23(21)31/h3-16,27H,17H2,1-2H3,(H2,32,38). The summed E-state index contributed by atoms with van der Waals surface area (Å²) in [5.41, 5.74) is 8.42. The molecule has 1 aromatic heterocycles. The topological polar surface area (TPSA) is 105 Å². The number of carbonyl (C=O) groups excluding carboxylic acids is 3. The minimum atomic E-state index is -1.44. The number of esters is 1. The normalized spacial score (nSPS) is 14.7. The number of aliphatic imine (C=N–C) groups is 1. The van der Waals surface area contributed by atoms with Crippen LogP contribution in [0.15, 0.2) is 89.9 Å². The van der Waals surface area contributed by atoms with Gasteiger partial charge >= 0.3 is 12.0 Å². The number of benzodiazepines with no additional fused rings is 1. The zero-order chi connectivity index (χ0) is 28.4. The largest absolute Gasteiger partial charge is 0.465 e. The van der Waals surface area contributed by atoms with Gasteiger partial charge in [0.1, 0.15) is 10.7 Å². The van der Waals surface area contributed by atoms with E-state index in [1.807, 2.05) is 13.0 Å². The van der Waals surface area contributed by atoms with Gasteiger partial charge in [0, 0.05) is 21.7 Å². The van der Waals surface area contributed by atoms with Crippen molar-refractivity contribution in [1.82, 2.24) is 0 Å². The number of nitrogens with zero attached hydrogens (tertiary/aromatic N) is 3. The Balaban J connectivity index is 1.72. The monoisotopic (exact) mass is 556 g/mol. The van der Waals surface area contributed by atoms with Gasteiger partial charge in [0.05, 0.1) is 25.1 Å². The Kier molecular flexibility index (Phi) is 7.43. The first-order valence-corrected chi connectivity index (χ1v) is 13.2. The molecule has 10 heteroatoms. The van der Waals surface area contributed by atoms with Gasteiger partial charge in [0.15, 0.2) is 0 Å². The van der Waals surface area contributed by atoms with Crippen LogP contribution in [0.5, 0.6) is 0 Å². The molecule has 0 radical (unpaired) electrons. The van der Waals surface area contributed by atoms with E-state index in [9.17, 15) is 14.4 Å². The lowest BCUT2D eigenvalue weighted by atomic mass is 9.99. The van der Waals surface area contributed by atoms with Gasteiger partial charge in [0.2, 0.25) is 6.17 Å². The van der Waals surface area contributed by atoms with E-state index in [2.05, 4.69) is 0 Å². The maximum atomic E-state index is 15.2. The summed E-state index contributed by atoms with van der Waals surface area (Å²) in [5.74, 6) is -1.56. The van der Waals surface area contributed by atoms with E-state index in [-0.39, 0.29) is 17.8 Å². The smallest absolute Gasteiger partial charge is 0.348 e. The molecule has 0 spiro atoms. The number of para-hydroxylation sites is 1. The number of carbonyl (C=O) groups is 3. The number of hydrogen-bond acceptors (Lipinski definition) is 6. The summed E-state index contributed by atoms with van der Waals surface area (Å²) in [4.78, 5) is 47.7. The number of primary amides is 1. The first kappa shape index (κ1) is 26.8. The number of nitrogens with two attached hydrogens (primary N) is 1. The molecule has 2 heterocycles. The number of ether oxygens (including phenoxy) is 1. The predicted molar refractivity (Wildman–Crippen MR) is 152 cm³/mol. The van der Waals surface area contributed by atoms with Crippen molar-refractivity contribution in [3.8, 4) is 0 Å². The Labute approximate surface area is 234 Å². The molecule has 40 heavy (non-hydrogen) atoms. The van der Waals surface area contributed by atoms with Crippen LogP contribution in [0.25, 0.3) is 0 Å². The number of anilines is 2. The Morgan fingerprint density at radius 2 is 1.75 bits per heavy atom. The number of fused-ring (bicyclic) bond motifs is 1. The number of halogens is 1. The van der Waals surface area contributed by atoms with Gasteiger partial charge in [-0.1, -0.05) is 42.5 Å². The minimum Gasteiger partial charge on any atom is -0.465 e. The average molecular weight is 557 g/mol. The first-order chi connectivity index (χ1) is 19.3. The van der Waals surface area contributed by atoms with Crippen LogP contribution in [0, 0.1) is 12.7 Å². The molecule has 0 saturated carbocycles. The molecule has 1 atom stereocenters. The van der Waals surface area contributed by atoms with E-state index < -0.39 is 29.9 Å². The quantitative estimate of drug-likeness (QED) is 0.326. The minimum absolute atomic E-state index is 0.0640. The van der Waals surface area contributed by atoms with Crippen LogP contribution in [-0.2, 0) is 16.1 Å². The van der Waals surface area contributed by atoms with Crippen LogP contribution in [0.4, 0.5) is 20.6 Å². The molecule has 5 rings (SSSR count). The van der Waals surface area contributed by atoms with E-state index in [0.29, 0.717) is 26.7 Å². The molecule has 0 bridgehead atoms. The van der Waals surface area contributed by atoms with E-state index in [0.717, 1.165) is 10.5 Å². The molecule has 3 aromatic carbocycles. The van der Waals surface area contributed by atoms with Crippen molar-refractivity contribution in [3.63, 3.8) is 0 Å². The van der Waals surface area contributed by atoms with Crippen LogP contribution in [0.3, 0.4) is 0 Å². The molecule has 3 amide bonds. The lowest BCUT2D eigenvalue weighted by Crippen LogP contribution is -2.52. The third-order valence-corrected chi connectivity index (χ3v) is 7.49. The molecule has 1 aliphatic rings. The molecular formula is C30H25FN4O4S. The zero-order valence-electron chi connectivity index (χ0n) is 21.7. The highest BCUT2D eigenvalue weighted by atomic mass is 32.1. The fourth-order valence-electron chi connectivity index (χ4n) is 4.61. The number of thiophene rings is 1. The first-order valence-electron chi connectivity index (χ1n) is 12.3. The van der Waals surface area contributed by atoms with Crippen molar-refractivity contribution in [2.75, 3.05) is 16.9 Å². The predicted octanol–water partition coefficient (Wildman–Crippen LogP) is 5.28. The fourth-order valence-corrected chi connectivity index (χ4v) is 5.52. The van der Waals surface area contributed by atoms with Crippen molar-refractivity contribution in [1.29, 1.82) is 0 Å². The average Bonchev–Trinajstić information content (AvgIpc) is 3.38. The Morgan fingerprint density at radius 3 is 2.45 bits per heavy atom. The second-order valence-corrected chi connectivity index (χ2v) is 10.2. The van der Waals surface area contributed by atoms with Crippen molar-refractivity contribution in [2.45, 2.75) is 19.6 Å². The van der Waals surface area contributed by atoms with Crippen LogP contribution in [0.2, 0.25) is 0 Å². The number of hydrogen-bond donors (Lipinski definition) is 1. The molecule has 0 aliphatic carbocycles.